The molecule has 0 saturated carbocycles. The highest BCUT2D eigenvalue weighted by atomic mass is 32.2. The van der Waals surface area contributed by atoms with Gasteiger partial charge in [0.1, 0.15) is 5.82 Å². The Morgan fingerprint density at radius 2 is 1.78 bits per heavy atom. The molecule has 3 aromatic rings. The Bertz CT molecular complexity index is 1280. The quantitative estimate of drug-likeness (QED) is 0.351. The van der Waals surface area contributed by atoms with E-state index in [2.05, 4.69) is 5.32 Å². The number of phenolic OH excluding ortho intramolecular Hbond substituents is 3. The summed E-state index contributed by atoms with van der Waals surface area (Å²) < 4.78 is 13.2. The monoisotopic (exact) mass is 453 g/mol. The first-order chi connectivity index (χ1) is 15.3. The molecule has 1 amide bonds. The molecule has 0 fully saturated rings. The number of nitrogens with one attached hydrogen (secondary N) is 1. The first-order valence-corrected chi connectivity index (χ1v) is 11.1. The van der Waals surface area contributed by atoms with E-state index in [1.807, 2.05) is 0 Å². The molecule has 0 aromatic heterocycles. The van der Waals surface area contributed by atoms with Gasteiger partial charge in [-0.15, -0.1) is 11.8 Å². The molecule has 0 saturated heterocycles. The summed E-state index contributed by atoms with van der Waals surface area (Å²) in [6, 6.07) is 10.6. The van der Waals surface area contributed by atoms with Crippen molar-refractivity contribution in [1.29, 1.82) is 0 Å². The largest absolute Gasteiger partial charge is 0.504 e. The topological polar surface area (TPSA) is 107 Å². The third-order valence-electron chi connectivity index (χ3n) is 5.56. The molecule has 1 aliphatic carbocycles. The summed E-state index contributed by atoms with van der Waals surface area (Å²) in [5.74, 6) is -2.49. The number of hydrogen-bond donors (Lipinski definition) is 4. The first-order valence-electron chi connectivity index (χ1n) is 9.86. The van der Waals surface area contributed by atoms with Crippen molar-refractivity contribution in [2.24, 2.45) is 0 Å². The van der Waals surface area contributed by atoms with E-state index in [-0.39, 0.29) is 11.0 Å². The normalized spacial score (nSPS) is 14.8. The summed E-state index contributed by atoms with van der Waals surface area (Å²) >= 11 is 1.27. The number of halogens is 1. The van der Waals surface area contributed by atoms with Crippen molar-refractivity contribution in [3.8, 4) is 28.4 Å². The van der Waals surface area contributed by atoms with Crippen molar-refractivity contribution in [3.63, 3.8) is 0 Å². The summed E-state index contributed by atoms with van der Waals surface area (Å²) in [6.45, 7) is 0. The molecule has 8 heteroatoms. The number of carbonyl (C=O) groups is 1. The number of amides is 1. The number of aromatic hydroxyl groups is 3. The van der Waals surface area contributed by atoms with Gasteiger partial charge in [-0.25, -0.2) is 4.39 Å². The highest BCUT2D eigenvalue weighted by Gasteiger charge is 2.28. The van der Waals surface area contributed by atoms with Gasteiger partial charge in [-0.05, 0) is 78.3 Å². The summed E-state index contributed by atoms with van der Waals surface area (Å²) in [6.07, 6.45) is 2.49. The van der Waals surface area contributed by atoms with E-state index < -0.39 is 35.0 Å². The van der Waals surface area contributed by atoms with Crippen molar-refractivity contribution < 1.29 is 24.5 Å². The molecule has 0 bridgehead atoms. The first kappa shape index (κ1) is 21.7. The zero-order valence-electron chi connectivity index (χ0n) is 17.1. The fraction of sp³-hybridized carbons (Fsp3) is 0.167. The maximum Gasteiger partial charge on any atom is 0.251 e. The molecule has 32 heavy (non-hydrogen) atoms. The summed E-state index contributed by atoms with van der Waals surface area (Å²) in [5, 5.41) is 33.6. The molecule has 1 aliphatic rings. The summed E-state index contributed by atoms with van der Waals surface area (Å²) in [7, 11) is 0. The Morgan fingerprint density at radius 3 is 2.47 bits per heavy atom. The van der Waals surface area contributed by atoms with Crippen LogP contribution in [0.2, 0.25) is 0 Å². The van der Waals surface area contributed by atoms with E-state index in [1.54, 1.807) is 18.4 Å². The number of thioether (sulfide) groups is 1. The molecule has 4 rings (SSSR count). The fourth-order valence-corrected chi connectivity index (χ4v) is 4.42. The minimum atomic E-state index is -0.651. The van der Waals surface area contributed by atoms with Gasteiger partial charge in [-0.2, -0.15) is 0 Å². The predicted octanol–water partition coefficient (Wildman–Crippen LogP) is 4.11. The standard InChI is InChI=1S/C24H20FNO5S/c1-32-20-9-7-15-16(11-18(20)27)17(26-24(31)12-2-5-14(25)6-3-12)8-4-13-10-19(28)22(29)23(30)21(13)15/h2-3,5-7,9-11,17,28-30H,4,8H2,1H3,(H,26,31)/t17-/m0/s1. The van der Waals surface area contributed by atoms with Crippen molar-refractivity contribution >= 4 is 17.7 Å². The second kappa shape index (κ2) is 8.55. The molecule has 0 spiro atoms. The van der Waals surface area contributed by atoms with Crippen molar-refractivity contribution in [2.45, 2.75) is 23.8 Å². The smallest absolute Gasteiger partial charge is 0.251 e. The van der Waals surface area contributed by atoms with Crippen LogP contribution in [0, 0.1) is 5.82 Å². The molecule has 0 unspecified atom stereocenters. The van der Waals surface area contributed by atoms with Gasteiger partial charge in [0, 0.05) is 11.1 Å². The van der Waals surface area contributed by atoms with Gasteiger partial charge in [0.25, 0.3) is 5.91 Å². The molecule has 1 atom stereocenters. The van der Waals surface area contributed by atoms with Crippen molar-refractivity contribution in [3.05, 3.63) is 81.3 Å². The Morgan fingerprint density at radius 1 is 1.06 bits per heavy atom. The van der Waals surface area contributed by atoms with E-state index in [1.165, 1.54) is 48.2 Å². The number of rotatable bonds is 3. The molecular weight excluding hydrogens is 433 g/mol. The van der Waals surface area contributed by atoms with Gasteiger partial charge in [-0.3, -0.25) is 9.59 Å². The number of benzene rings is 2. The van der Waals surface area contributed by atoms with Crippen molar-refractivity contribution in [2.75, 3.05) is 6.26 Å². The highest BCUT2D eigenvalue weighted by molar-refractivity contribution is 7.98. The number of phenols is 3. The maximum atomic E-state index is 13.2. The molecule has 0 heterocycles. The Labute approximate surface area is 187 Å². The average Bonchev–Trinajstić information content (AvgIpc) is 3.01. The Balaban J connectivity index is 1.88. The van der Waals surface area contributed by atoms with Gasteiger partial charge in [0.05, 0.1) is 10.9 Å². The van der Waals surface area contributed by atoms with Crippen LogP contribution >= 0.6 is 11.8 Å². The van der Waals surface area contributed by atoms with Crippen LogP contribution in [-0.4, -0.2) is 27.5 Å². The average molecular weight is 453 g/mol. The van der Waals surface area contributed by atoms with Gasteiger partial charge >= 0.3 is 0 Å². The van der Waals surface area contributed by atoms with Crippen molar-refractivity contribution in [1.82, 2.24) is 5.32 Å². The number of fused-ring (bicyclic) bond motifs is 3. The van der Waals surface area contributed by atoms with E-state index in [4.69, 9.17) is 0 Å². The van der Waals surface area contributed by atoms with Gasteiger partial charge in [0.15, 0.2) is 16.9 Å². The van der Waals surface area contributed by atoms with Crippen LogP contribution in [0.4, 0.5) is 4.39 Å². The SMILES string of the molecule is CSc1ccc2c(cc1=O)[C@@H](NC(=O)c1ccc(F)cc1)CCc1cc(O)c(O)c(O)c1-2. The maximum absolute atomic E-state index is 13.2. The lowest BCUT2D eigenvalue weighted by atomic mass is 9.95. The molecule has 0 aliphatic heterocycles. The molecular formula is C24H20FNO5S. The van der Waals surface area contributed by atoms with E-state index in [0.29, 0.717) is 40.0 Å². The van der Waals surface area contributed by atoms with Gasteiger partial charge in [-0.1, -0.05) is 6.07 Å². The van der Waals surface area contributed by atoms with E-state index in [9.17, 15) is 29.3 Å². The fourth-order valence-electron chi connectivity index (χ4n) is 3.96. The Hall–Kier alpha value is -3.52. The predicted molar refractivity (Wildman–Crippen MR) is 120 cm³/mol. The third-order valence-corrected chi connectivity index (χ3v) is 6.33. The molecule has 3 aromatic carbocycles. The highest BCUT2D eigenvalue weighted by Crippen LogP contribution is 2.48. The zero-order valence-corrected chi connectivity index (χ0v) is 17.9. The minimum absolute atomic E-state index is 0.245. The summed E-state index contributed by atoms with van der Waals surface area (Å²) in [4.78, 5) is 26.1. The second-order valence-electron chi connectivity index (χ2n) is 7.48. The van der Waals surface area contributed by atoms with Crippen LogP contribution in [0.5, 0.6) is 17.2 Å². The van der Waals surface area contributed by atoms with Crippen LogP contribution < -0.4 is 10.7 Å². The number of aryl methyl sites for hydroxylation is 1. The van der Waals surface area contributed by atoms with Crippen LogP contribution in [0.3, 0.4) is 0 Å². The lowest BCUT2D eigenvalue weighted by Gasteiger charge is -2.18. The van der Waals surface area contributed by atoms with Crippen LogP contribution in [-0.2, 0) is 6.42 Å². The number of hydrogen-bond acceptors (Lipinski definition) is 6. The minimum Gasteiger partial charge on any atom is -0.504 e. The lowest BCUT2D eigenvalue weighted by Crippen LogP contribution is -2.29. The second-order valence-corrected chi connectivity index (χ2v) is 8.33. The molecule has 4 N–H and O–H groups in total. The van der Waals surface area contributed by atoms with E-state index in [0.717, 1.165) is 0 Å². The van der Waals surface area contributed by atoms with Gasteiger partial charge < -0.3 is 20.6 Å². The molecule has 6 nitrogen and oxygen atoms in total. The molecule has 164 valence electrons. The van der Waals surface area contributed by atoms with Crippen LogP contribution in [0.15, 0.2) is 58.2 Å². The third kappa shape index (κ3) is 3.89. The lowest BCUT2D eigenvalue weighted by molar-refractivity contribution is 0.0935. The zero-order chi connectivity index (χ0) is 23.0. The van der Waals surface area contributed by atoms with Crippen LogP contribution in [0.25, 0.3) is 11.1 Å². The number of carbonyl (C=O) groups excluding carboxylic acids is 1. The summed E-state index contributed by atoms with van der Waals surface area (Å²) in [5.41, 5.74) is 1.83. The van der Waals surface area contributed by atoms with Gasteiger partial charge in [0.2, 0.25) is 5.75 Å². The molecule has 0 radical (unpaired) electrons. The van der Waals surface area contributed by atoms with Crippen LogP contribution in [0.1, 0.15) is 33.9 Å². The van der Waals surface area contributed by atoms with E-state index >= 15 is 0 Å². The Kier molecular flexibility index (Phi) is 5.80.